The molecule has 0 fully saturated rings. The maximum Gasteiger partial charge on any atom is 0.280 e. The summed E-state index contributed by atoms with van der Waals surface area (Å²) in [5.41, 5.74) is 1.75. The number of hydrogen-bond donors (Lipinski definition) is 1. The Balaban J connectivity index is 2.03. The number of rotatable bonds is 2. The highest BCUT2D eigenvalue weighted by Crippen LogP contribution is 2.31. The Morgan fingerprint density at radius 1 is 1.17 bits per heavy atom. The van der Waals surface area contributed by atoms with Crippen molar-refractivity contribution in [2.24, 2.45) is 0 Å². The molecule has 0 unspecified atom stereocenters. The molecule has 24 heavy (non-hydrogen) atoms. The van der Waals surface area contributed by atoms with Crippen LogP contribution >= 0.6 is 23.2 Å². The third-order valence-corrected chi connectivity index (χ3v) is 4.39. The lowest BCUT2D eigenvalue weighted by Gasteiger charge is -2.04. The Morgan fingerprint density at radius 2 is 1.92 bits per heavy atom. The molecule has 0 aliphatic carbocycles. The predicted molar refractivity (Wildman–Crippen MR) is 95.8 cm³/mol. The third-order valence-electron chi connectivity index (χ3n) is 3.87. The van der Waals surface area contributed by atoms with Crippen LogP contribution in [0.2, 0.25) is 10.0 Å². The average Bonchev–Trinajstić information content (AvgIpc) is 2.91. The van der Waals surface area contributed by atoms with E-state index in [1.807, 2.05) is 0 Å². The quantitative estimate of drug-likeness (QED) is 0.583. The van der Waals surface area contributed by atoms with Crippen LogP contribution in [0.1, 0.15) is 0 Å². The first-order valence-corrected chi connectivity index (χ1v) is 7.87. The molecule has 2 aromatic carbocycles. The van der Waals surface area contributed by atoms with Crippen LogP contribution in [-0.2, 0) is 0 Å². The molecule has 0 saturated carbocycles. The number of pyridine rings is 1. The summed E-state index contributed by atoms with van der Waals surface area (Å²) >= 11 is 12.3. The molecule has 2 heterocycles. The molecular formula is C17H11Cl2N3O2. The summed E-state index contributed by atoms with van der Waals surface area (Å²) in [5, 5.41) is 5.19. The van der Waals surface area contributed by atoms with Crippen molar-refractivity contribution in [3.05, 3.63) is 63.0 Å². The van der Waals surface area contributed by atoms with Crippen LogP contribution in [-0.4, -0.2) is 21.9 Å². The van der Waals surface area contributed by atoms with Gasteiger partial charge in [-0.1, -0.05) is 23.2 Å². The largest absolute Gasteiger partial charge is 0.497 e. The van der Waals surface area contributed by atoms with Crippen LogP contribution < -0.4 is 10.3 Å². The van der Waals surface area contributed by atoms with Crippen molar-refractivity contribution in [1.82, 2.24) is 14.8 Å². The Bertz CT molecular complexity index is 1130. The second-order valence-electron chi connectivity index (χ2n) is 5.28. The first kappa shape index (κ1) is 15.1. The number of benzene rings is 2. The average molecular weight is 360 g/mol. The molecule has 0 saturated heterocycles. The Labute approximate surface area is 146 Å². The van der Waals surface area contributed by atoms with Crippen LogP contribution in [0.4, 0.5) is 0 Å². The van der Waals surface area contributed by atoms with E-state index in [1.54, 1.807) is 43.5 Å². The van der Waals surface area contributed by atoms with Crippen molar-refractivity contribution < 1.29 is 4.74 Å². The van der Waals surface area contributed by atoms with Gasteiger partial charge in [-0.05, 0) is 36.4 Å². The fourth-order valence-corrected chi connectivity index (χ4v) is 3.29. The molecule has 120 valence electrons. The molecule has 0 aliphatic heterocycles. The highest BCUT2D eigenvalue weighted by Gasteiger charge is 2.14. The van der Waals surface area contributed by atoms with E-state index in [2.05, 4.69) is 10.1 Å². The normalized spacial score (nSPS) is 11.3. The molecular weight excluding hydrogens is 349 g/mol. The number of hydrogen-bond acceptors (Lipinski definition) is 3. The van der Waals surface area contributed by atoms with Crippen LogP contribution in [0.5, 0.6) is 5.75 Å². The van der Waals surface area contributed by atoms with Crippen LogP contribution in [0.15, 0.2) is 47.4 Å². The molecule has 4 rings (SSSR count). The zero-order valence-electron chi connectivity index (χ0n) is 12.5. The zero-order valence-corrected chi connectivity index (χ0v) is 14.0. The number of fused-ring (bicyclic) bond motifs is 3. The van der Waals surface area contributed by atoms with E-state index in [0.717, 1.165) is 0 Å². The highest BCUT2D eigenvalue weighted by molar-refractivity contribution is 6.40. The van der Waals surface area contributed by atoms with Gasteiger partial charge in [-0.15, -0.1) is 0 Å². The van der Waals surface area contributed by atoms with Gasteiger partial charge in [0.1, 0.15) is 5.75 Å². The summed E-state index contributed by atoms with van der Waals surface area (Å²) in [4.78, 5) is 17.0. The number of nitrogens with one attached hydrogen (secondary N) is 1. The summed E-state index contributed by atoms with van der Waals surface area (Å²) in [6, 6.07) is 10.5. The summed E-state index contributed by atoms with van der Waals surface area (Å²) in [5.74, 6) is 0.715. The number of methoxy groups -OCH3 is 1. The molecule has 0 atom stereocenters. The molecule has 1 N–H and O–H groups in total. The maximum atomic E-state index is 12.7. The minimum absolute atomic E-state index is 0.199. The van der Waals surface area contributed by atoms with Gasteiger partial charge in [-0.2, -0.15) is 0 Å². The summed E-state index contributed by atoms with van der Waals surface area (Å²) < 4.78 is 6.60. The minimum atomic E-state index is -0.199. The topological polar surface area (TPSA) is 59.9 Å². The lowest BCUT2D eigenvalue weighted by Crippen LogP contribution is -2.14. The SMILES string of the molecule is COc1ccc(-n2[nH]c3c(cnc4cc(Cl)cc(Cl)c43)c2=O)cc1. The Hall–Kier alpha value is -2.50. The summed E-state index contributed by atoms with van der Waals surface area (Å²) in [6.45, 7) is 0. The van der Waals surface area contributed by atoms with Gasteiger partial charge in [0.15, 0.2) is 0 Å². The second-order valence-corrected chi connectivity index (χ2v) is 6.12. The van der Waals surface area contributed by atoms with Gasteiger partial charge in [0.25, 0.3) is 5.56 Å². The summed E-state index contributed by atoms with van der Waals surface area (Å²) in [6.07, 6.45) is 1.53. The lowest BCUT2D eigenvalue weighted by atomic mass is 10.2. The van der Waals surface area contributed by atoms with Crippen molar-refractivity contribution in [3.8, 4) is 11.4 Å². The van der Waals surface area contributed by atoms with Crippen molar-refractivity contribution in [3.63, 3.8) is 0 Å². The zero-order chi connectivity index (χ0) is 16.8. The Kier molecular flexibility index (Phi) is 3.48. The lowest BCUT2D eigenvalue weighted by molar-refractivity contribution is 0.414. The molecule has 7 heteroatoms. The fraction of sp³-hybridized carbons (Fsp3) is 0.0588. The smallest absolute Gasteiger partial charge is 0.280 e. The van der Waals surface area contributed by atoms with E-state index >= 15 is 0 Å². The highest BCUT2D eigenvalue weighted by atomic mass is 35.5. The van der Waals surface area contributed by atoms with E-state index in [4.69, 9.17) is 27.9 Å². The standard InChI is InChI=1S/C17H11Cl2N3O2/c1-24-11-4-2-10(3-5-11)22-17(23)12-8-20-14-7-9(18)6-13(19)15(14)16(12)21-22/h2-8,21H,1H3. The molecule has 0 amide bonds. The van der Waals surface area contributed by atoms with Gasteiger partial charge in [-0.25, -0.2) is 4.68 Å². The van der Waals surface area contributed by atoms with Crippen molar-refractivity contribution >= 4 is 45.0 Å². The van der Waals surface area contributed by atoms with Gasteiger partial charge in [0.05, 0.1) is 34.2 Å². The number of ether oxygens (including phenoxy) is 1. The molecule has 2 aromatic heterocycles. The van der Waals surface area contributed by atoms with Crippen LogP contribution in [0.3, 0.4) is 0 Å². The number of aromatic nitrogens is 3. The van der Waals surface area contributed by atoms with Crippen LogP contribution in [0, 0.1) is 0 Å². The monoisotopic (exact) mass is 359 g/mol. The van der Waals surface area contributed by atoms with Crippen molar-refractivity contribution in [2.75, 3.05) is 7.11 Å². The number of nitrogens with zero attached hydrogens (tertiary/aromatic N) is 2. The van der Waals surface area contributed by atoms with Crippen molar-refractivity contribution in [1.29, 1.82) is 0 Å². The predicted octanol–water partition coefficient (Wildman–Crippen LogP) is 4.18. The maximum absolute atomic E-state index is 12.7. The Morgan fingerprint density at radius 3 is 2.62 bits per heavy atom. The van der Waals surface area contributed by atoms with E-state index in [-0.39, 0.29) is 5.56 Å². The van der Waals surface area contributed by atoms with Gasteiger partial charge in [0, 0.05) is 16.6 Å². The number of H-pyrrole nitrogens is 1. The number of aromatic amines is 1. The molecule has 0 spiro atoms. The van der Waals surface area contributed by atoms with E-state index < -0.39 is 0 Å². The molecule has 0 aliphatic rings. The molecule has 5 nitrogen and oxygen atoms in total. The fourth-order valence-electron chi connectivity index (χ4n) is 2.72. The van der Waals surface area contributed by atoms with Gasteiger partial charge in [-0.3, -0.25) is 14.9 Å². The first-order valence-electron chi connectivity index (χ1n) is 7.11. The molecule has 4 aromatic rings. The van der Waals surface area contributed by atoms with E-state index in [0.29, 0.717) is 43.3 Å². The van der Waals surface area contributed by atoms with E-state index in [9.17, 15) is 4.79 Å². The third kappa shape index (κ3) is 2.25. The first-order chi connectivity index (χ1) is 11.6. The number of halogens is 2. The molecule has 0 bridgehead atoms. The van der Waals surface area contributed by atoms with Crippen LogP contribution in [0.25, 0.3) is 27.5 Å². The summed E-state index contributed by atoms with van der Waals surface area (Å²) in [7, 11) is 1.59. The van der Waals surface area contributed by atoms with Gasteiger partial charge >= 0.3 is 0 Å². The van der Waals surface area contributed by atoms with E-state index in [1.165, 1.54) is 10.9 Å². The second kappa shape index (κ2) is 5.54. The van der Waals surface area contributed by atoms with Crippen molar-refractivity contribution in [2.45, 2.75) is 0 Å². The van der Waals surface area contributed by atoms with Gasteiger partial charge in [0.2, 0.25) is 0 Å². The minimum Gasteiger partial charge on any atom is -0.497 e. The van der Waals surface area contributed by atoms with Gasteiger partial charge < -0.3 is 4.74 Å². The molecule has 0 radical (unpaired) electrons.